The Morgan fingerprint density at radius 1 is 1.33 bits per heavy atom. The lowest BCUT2D eigenvalue weighted by Gasteiger charge is -2.26. The van der Waals surface area contributed by atoms with Gasteiger partial charge < -0.3 is 15.7 Å². The molecule has 3 N–H and O–H groups in total. The van der Waals surface area contributed by atoms with Gasteiger partial charge in [-0.05, 0) is 32.1 Å². The smallest absolute Gasteiger partial charge is 0.131 e. The fraction of sp³-hybridized carbons (Fsp3) is 0.692. The van der Waals surface area contributed by atoms with Gasteiger partial charge in [0.1, 0.15) is 17.5 Å². The minimum absolute atomic E-state index is 0.120. The molecule has 1 aromatic rings. The standard InChI is InChI=1S/C13H22N4O/c1-9-16-12(14-2)7-13(17-9)15-8-10-4-3-5-11(18)6-10/h7,10-11,18H,3-6,8H2,1-2H3,(H2,14,15,16,17). The maximum Gasteiger partial charge on any atom is 0.131 e. The van der Waals surface area contributed by atoms with E-state index in [4.69, 9.17) is 0 Å². The molecular weight excluding hydrogens is 228 g/mol. The number of rotatable bonds is 4. The maximum absolute atomic E-state index is 9.64. The summed E-state index contributed by atoms with van der Waals surface area (Å²) in [6, 6.07) is 1.91. The predicted molar refractivity (Wildman–Crippen MR) is 72.8 cm³/mol. The molecule has 0 radical (unpaired) electrons. The van der Waals surface area contributed by atoms with Gasteiger partial charge >= 0.3 is 0 Å². The molecule has 5 nitrogen and oxygen atoms in total. The van der Waals surface area contributed by atoms with E-state index < -0.39 is 0 Å². The first-order valence-electron chi connectivity index (χ1n) is 6.62. The number of nitrogens with zero attached hydrogens (tertiary/aromatic N) is 2. The molecule has 2 atom stereocenters. The molecule has 0 spiro atoms. The Balaban J connectivity index is 1.91. The van der Waals surface area contributed by atoms with E-state index in [1.165, 1.54) is 6.42 Å². The van der Waals surface area contributed by atoms with Crippen molar-refractivity contribution < 1.29 is 5.11 Å². The number of aromatic nitrogens is 2. The third-order valence-corrected chi connectivity index (χ3v) is 3.42. The van der Waals surface area contributed by atoms with Crippen molar-refractivity contribution in [2.45, 2.75) is 38.7 Å². The van der Waals surface area contributed by atoms with Crippen LogP contribution in [-0.4, -0.2) is 34.8 Å². The van der Waals surface area contributed by atoms with Crippen molar-refractivity contribution in [3.05, 3.63) is 11.9 Å². The molecule has 1 aliphatic carbocycles. The normalized spacial score (nSPS) is 23.7. The highest BCUT2D eigenvalue weighted by Gasteiger charge is 2.19. The molecule has 0 bridgehead atoms. The van der Waals surface area contributed by atoms with Crippen molar-refractivity contribution in [2.75, 3.05) is 24.2 Å². The Morgan fingerprint density at radius 3 is 2.83 bits per heavy atom. The number of nitrogens with one attached hydrogen (secondary N) is 2. The van der Waals surface area contributed by atoms with E-state index in [0.29, 0.717) is 5.92 Å². The van der Waals surface area contributed by atoms with Crippen molar-refractivity contribution in [3.8, 4) is 0 Å². The van der Waals surface area contributed by atoms with Crippen LogP contribution in [-0.2, 0) is 0 Å². The average Bonchev–Trinajstić information content (AvgIpc) is 2.36. The molecule has 2 unspecified atom stereocenters. The molecule has 0 aliphatic heterocycles. The van der Waals surface area contributed by atoms with Crippen molar-refractivity contribution in [1.29, 1.82) is 0 Å². The monoisotopic (exact) mass is 250 g/mol. The zero-order valence-electron chi connectivity index (χ0n) is 11.1. The molecule has 1 fully saturated rings. The number of hydrogen-bond donors (Lipinski definition) is 3. The van der Waals surface area contributed by atoms with Gasteiger partial charge in [0.2, 0.25) is 0 Å². The van der Waals surface area contributed by atoms with Gasteiger partial charge in [-0.3, -0.25) is 0 Å². The summed E-state index contributed by atoms with van der Waals surface area (Å²) < 4.78 is 0. The predicted octanol–water partition coefficient (Wildman–Crippen LogP) is 1.79. The number of anilines is 2. The molecule has 1 heterocycles. The number of aliphatic hydroxyl groups is 1. The van der Waals surface area contributed by atoms with Crippen molar-refractivity contribution in [2.24, 2.45) is 5.92 Å². The van der Waals surface area contributed by atoms with Crippen molar-refractivity contribution >= 4 is 11.6 Å². The zero-order chi connectivity index (χ0) is 13.0. The Bertz CT molecular complexity index is 397. The fourth-order valence-electron chi connectivity index (χ4n) is 2.48. The summed E-state index contributed by atoms with van der Waals surface area (Å²) in [5.41, 5.74) is 0. The van der Waals surface area contributed by atoms with E-state index in [1.54, 1.807) is 0 Å². The van der Waals surface area contributed by atoms with Gasteiger partial charge in [-0.2, -0.15) is 0 Å². The lowest BCUT2D eigenvalue weighted by atomic mass is 9.87. The van der Waals surface area contributed by atoms with Crippen LogP contribution in [0.5, 0.6) is 0 Å². The van der Waals surface area contributed by atoms with Crippen LogP contribution in [0.2, 0.25) is 0 Å². The first-order chi connectivity index (χ1) is 8.67. The molecule has 0 saturated heterocycles. The van der Waals surface area contributed by atoms with E-state index >= 15 is 0 Å². The molecule has 0 amide bonds. The SMILES string of the molecule is CNc1cc(NCC2CCCC(O)C2)nc(C)n1. The van der Waals surface area contributed by atoms with Gasteiger partial charge in [0.25, 0.3) is 0 Å². The third kappa shape index (κ3) is 3.57. The van der Waals surface area contributed by atoms with Gasteiger partial charge in [-0.1, -0.05) is 6.42 Å². The summed E-state index contributed by atoms with van der Waals surface area (Å²) in [5.74, 6) is 2.98. The molecule has 1 aromatic heterocycles. The molecule has 18 heavy (non-hydrogen) atoms. The molecule has 0 aromatic carbocycles. The number of hydrogen-bond acceptors (Lipinski definition) is 5. The molecule has 5 heteroatoms. The average molecular weight is 250 g/mol. The second-order valence-corrected chi connectivity index (χ2v) is 5.00. The second-order valence-electron chi connectivity index (χ2n) is 5.00. The van der Waals surface area contributed by atoms with Crippen LogP contribution >= 0.6 is 0 Å². The minimum atomic E-state index is -0.120. The van der Waals surface area contributed by atoms with E-state index in [2.05, 4.69) is 20.6 Å². The largest absolute Gasteiger partial charge is 0.393 e. The molecule has 1 aliphatic rings. The summed E-state index contributed by atoms with van der Waals surface area (Å²) in [6.45, 7) is 2.76. The van der Waals surface area contributed by atoms with Crippen LogP contribution in [0.1, 0.15) is 31.5 Å². The van der Waals surface area contributed by atoms with Crippen LogP contribution in [0.4, 0.5) is 11.6 Å². The zero-order valence-corrected chi connectivity index (χ0v) is 11.1. The Labute approximate surface area is 108 Å². The third-order valence-electron chi connectivity index (χ3n) is 3.42. The highest BCUT2D eigenvalue weighted by molar-refractivity contribution is 5.47. The Kier molecular flexibility index (Phi) is 4.36. The molecule has 100 valence electrons. The number of aryl methyl sites for hydroxylation is 1. The second kappa shape index (κ2) is 6.00. The van der Waals surface area contributed by atoms with Crippen molar-refractivity contribution in [1.82, 2.24) is 9.97 Å². The summed E-state index contributed by atoms with van der Waals surface area (Å²) in [7, 11) is 1.85. The van der Waals surface area contributed by atoms with Gasteiger partial charge in [0.15, 0.2) is 0 Å². The van der Waals surface area contributed by atoms with E-state index in [0.717, 1.165) is 43.3 Å². The van der Waals surface area contributed by atoms with Crippen LogP contribution in [0.3, 0.4) is 0 Å². The highest BCUT2D eigenvalue weighted by Crippen LogP contribution is 2.24. The minimum Gasteiger partial charge on any atom is -0.393 e. The lowest BCUT2D eigenvalue weighted by Crippen LogP contribution is -2.25. The van der Waals surface area contributed by atoms with Crippen LogP contribution in [0.25, 0.3) is 0 Å². The molecule has 2 rings (SSSR count). The quantitative estimate of drug-likeness (QED) is 0.760. The van der Waals surface area contributed by atoms with Gasteiger partial charge in [-0.25, -0.2) is 9.97 Å². The van der Waals surface area contributed by atoms with Gasteiger partial charge in [-0.15, -0.1) is 0 Å². The first kappa shape index (κ1) is 13.1. The topological polar surface area (TPSA) is 70.1 Å². The van der Waals surface area contributed by atoms with E-state index in [1.807, 2.05) is 20.0 Å². The number of aliphatic hydroxyl groups excluding tert-OH is 1. The van der Waals surface area contributed by atoms with Gasteiger partial charge in [0, 0.05) is 19.7 Å². The summed E-state index contributed by atoms with van der Waals surface area (Å²) in [4.78, 5) is 8.62. The van der Waals surface area contributed by atoms with Gasteiger partial charge in [0.05, 0.1) is 6.10 Å². The summed E-state index contributed by atoms with van der Waals surface area (Å²) >= 11 is 0. The Hall–Kier alpha value is -1.36. The van der Waals surface area contributed by atoms with Crippen molar-refractivity contribution in [3.63, 3.8) is 0 Å². The summed E-state index contributed by atoms with van der Waals surface area (Å²) in [5, 5.41) is 16.0. The van der Waals surface area contributed by atoms with Crippen LogP contribution < -0.4 is 10.6 Å². The highest BCUT2D eigenvalue weighted by atomic mass is 16.3. The van der Waals surface area contributed by atoms with E-state index in [-0.39, 0.29) is 6.10 Å². The fourth-order valence-corrected chi connectivity index (χ4v) is 2.48. The van der Waals surface area contributed by atoms with E-state index in [9.17, 15) is 5.11 Å². The molecular formula is C13H22N4O. The first-order valence-corrected chi connectivity index (χ1v) is 6.62. The lowest BCUT2D eigenvalue weighted by molar-refractivity contribution is 0.104. The maximum atomic E-state index is 9.64. The summed E-state index contributed by atoms with van der Waals surface area (Å²) in [6.07, 6.45) is 4.04. The van der Waals surface area contributed by atoms with Crippen LogP contribution in [0.15, 0.2) is 6.07 Å². The Morgan fingerprint density at radius 2 is 2.11 bits per heavy atom. The molecule has 1 saturated carbocycles. The van der Waals surface area contributed by atoms with Crippen LogP contribution in [0, 0.1) is 12.8 Å².